The van der Waals surface area contributed by atoms with Crippen LogP contribution in [0, 0.1) is 29.6 Å². The lowest BCUT2D eigenvalue weighted by Crippen LogP contribution is -2.50. The maximum Gasteiger partial charge on any atom is 0.439 e. The van der Waals surface area contributed by atoms with Gasteiger partial charge >= 0.3 is 11.8 Å². The summed E-state index contributed by atoms with van der Waals surface area (Å²) < 4.78 is 3.90. The van der Waals surface area contributed by atoms with E-state index in [2.05, 4.69) is 4.58 Å². The Kier molecular flexibility index (Phi) is 2.19. The van der Waals surface area contributed by atoms with E-state index in [0.29, 0.717) is 11.8 Å². The van der Waals surface area contributed by atoms with Crippen LogP contribution in [-0.2, 0) is 9.37 Å². The third-order valence-electron chi connectivity index (χ3n) is 4.83. The van der Waals surface area contributed by atoms with Gasteiger partial charge in [-0.05, 0) is 55.8 Å². The van der Waals surface area contributed by atoms with Crippen molar-refractivity contribution in [3.05, 3.63) is 0 Å². The second-order valence-corrected chi connectivity index (χ2v) is 5.71. The summed E-state index contributed by atoms with van der Waals surface area (Å²) in [5.41, 5.74) is 0. The minimum Gasteiger partial charge on any atom is -0.471 e. The third kappa shape index (κ3) is 1.35. The predicted octanol–water partition coefficient (Wildman–Crippen LogP) is 0.523. The van der Waals surface area contributed by atoms with Gasteiger partial charge in [0.1, 0.15) is 0 Å². The number of rotatable bonds is 2. The zero-order valence-electron chi connectivity index (χ0n) is 9.09. The largest absolute Gasteiger partial charge is 0.471 e. The molecule has 0 heterocycles. The van der Waals surface area contributed by atoms with Gasteiger partial charge in [0.2, 0.25) is 0 Å². The van der Waals surface area contributed by atoms with E-state index in [0.717, 1.165) is 37.5 Å². The van der Waals surface area contributed by atoms with Crippen LogP contribution in [0.3, 0.4) is 0 Å². The first kappa shape index (κ1) is 10.1. The number of carboxylic acid groups (broad SMARTS) is 1. The van der Waals surface area contributed by atoms with Crippen LogP contribution in [0.1, 0.15) is 32.1 Å². The second-order valence-electron chi connectivity index (χ2n) is 5.71. The molecule has 0 aromatic heterocycles. The first-order chi connectivity index (χ1) is 7.69. The van der Waals surface area contributed by atoms with E-state index in [9.17, 15) is 10.1 Å². The van der Waals surface area contributed by atoms with Crippen LogP contribution >= 0.6 is 0 Å². The van der Waals surface area contributed by atoms with E-state index in [-0.39, 0.29) is 11.7 Å². The number of hydrogen-bond donors (Lipinski definition) is 1. The molecular weight excluding hydrogens is 208 g/mol. The van der Waals surface area contributed by atoms with E-state index in [1.165, 1.54) is 6.42 Å². The molecule has 4 aliphatic carbocycles. The molecule has 0 spiro atoms. The van der Waals surface area contributed by atoms with Gasteiger partial charge in [-0.15, -0.1) is 0 Å². The molecule has 0 aromatic rings. The Morgan fingerprint density at radius 2 is 1.56 bits per heavy atom. The molecule has 16 heavy (non-hydrogen) atoms. The topological polar surface area (TPSA) is 71.7 Å². The molecule has 0 atom stereocenters. The van der Waals surface area contributed by atoms with Gasteiger partial charge in [0.25, 0.3) is 0 Å². The van der Waals surface area contributed by atoms with Gasteiger partial charge < -0.3 is 10.4 Å². The zero-order valence-corrected chi connectivity index (χ0v) is 9.09. The molecule has 4 nitrogen and oxygen atoms in total. The van der Waals surface area contributed by atoms with Crippen LogP contribution < -0.4 is 5.26 Å². The highest BCUT2D eigenvalue weighted by Crippen LogP contribution is 2.56. The van der Waals surface area contributed by atoms with Gasteiger partial charge in [0.15, 0.2) is 0 Å². The monoisotopic (exact) mass is 224 g/mol. The van der Waals surface area contributed by atoms with Crippen LogP contribution in [0.2, 0.25) is 0 Å². The van der Waals surface area contributed by atoms with E-state index in [4.69, 9.17) is 5.11 Å². The molecule has 4 saturated carbocycles. The van der Waals surface area contributed by atoms with Gasteiger partial charge in [-0.2, -0.15) is 4.58 Å². The molecule has 0 saturated heterocycles. The first-order valence-electron chi connectivity index (χ1n) is 6.09. The second kappa shape index (κ2) is 3.47. The number of ketones is 1. The minimum absolute atomic E-state index is 0.109. The summed E-state index contributed by atoms with van der Waals surface area (Å²) in [6.07, 6.45) is 5.70. The first-order valence-corrected chi connectivity index (χ1v) is 6.09. The van der Waals surface area contributed by atoms with Crippen molar-refractivity contribution in [1.29, 1.82) is 0 Å². The number of carboxylic acids is 1. The Bertz CT molecular complexity index is 319. The maximum absolute atomic E-state index is 11.0. The Labute approximate surface area is 93.9 Å². The summed E-state index contributed by atoms with van der Waals surface area (Å²) in [7, 11) is 0. The lowest BCUT2D eigenvalue weighted by atomic mass is 9.51. The number of carbonyl (C=O) groups is 1. The Hall–Kier alpha value is -1.06. The van der Waals surface area contributed by atoms with Gasteiger partial charge in [0, 0.05) is 0 Å². The molecule has 88 valence electrons. The van der Waals surface area contributed by atoms with E-state index < -0.39 is 5.97 Å². The average molecular weight is 224 g/mol. The van der Waals surface area contributed by atoms with E-state index in [1.807, 2.05) is 0 Å². The maximum atomic E-state index is 11.0. The zero-order chi connectivity index (χ0) is 11.3. The van der Waals surface area contributed by atoms with Gasteiger partial charge in [-0.25, -0.2) is 4.79 Å². The van der Waals surface area contributed by atoms with Crippen LogP contribution in [0.5, 0.6) is 0 Å². The molecule has 0 amide bonds. The smallest absolute Gasteiger partial charge is 0.439 e. The molecule has 0 aliphatic heterocycles. The quantitative estimate of drug-likeness (QED) is 0.322. The normalized spacial score (nSPS) is 46.0. The summed E-state index contributed by atoms with van der Waals surface area (Å²) in [6, 6.07) is 0. The SMILES string of the molecule is O=C(O)C(=[O+][O-])C1C2CC3CC(C2)CC1C3. The van der Waals surface area contributed by atoms with E-state index >= 15 is 0 Å². The van der Waals surface area contributed by atoms with Crippen molar-refractivity contribution in [3.63, 3.8) is 0 Å². The summed E-state index contributed by atoms with van der Waals surface area (Å²) in [4.78, 5) is 11.0. The molecule has 4 heteroatoms. The van der Waals surface area contributed by atoms with Crippen molar-refractivity contribution in [3.8, 4) is 0 Å². The highest BCUT2D eigenvalue weighted by Gasteiger charge is 2.55. The average Bonchev–Trinajstić information content (AvgIpc) is 2.21. The Morgan fingerprint density at radius 3 is 1.94 bits per heavy atom. The van der Waals surface area contributed by atoms with Crippen molar-refractivity contribution in [1.82, 2.24) is 0 Å². The van der Waals surface area contributed by atoms with Crippen LogP contribution in [0.25, 0.3) is 0 Å². The van der Waals surface area contributed by atoms with Gasteiger partial charge in [0.05, 0.1) is 5.92 Å². The molecule has 4 aliphatic rings. The van der Waals surface area contributed by atoms with Crippen LogP contribution in [-0.4, -0.2) is 16.9 Å². The molecule has 4 fully saturated rings. The molecule has 1 N–H and O–H groups in total. The van der Waals surface area contributed by atoms with Crippen molar-refractivity contribution in [2.24, 2.45) is 29.6 Å². The molecule has 0 aromatic carbocycles. The Morgan fingerprint density at radius 1 is 1.06 bits per heavy atom. The van der Waals surface area contributed by atoms with E-state index in [1.54, 1.807) is 0 Å². The fourth-order valence-corrected chi connectivity index (χ4v) is 4.59. The number of aliphatic carboxylic acids is 1. The van der Waals surface area contributed by atoms with Crippen LogP contribution in [0.4, 0.5) is 0 Å². The molecule has 0 radical (unpaired) electrons. The van der Waals surface area contributed by atoms with Gasteiger partial charge in [-0.1, -0.05) is 0 Å². The standard InChI is InChI=1S/C12H16O4/c13-12(14)11(16-15)10-8-2-6-1-7(4-8)5-9(10)3-6/h6-10H,1-5H2,(H,13,14). The van der Waals surface area contributed by atoms with Crippen molar-refractivity contribution >= 4 is 11.8 Å². The summed E-state index contributed by atoms with van der Waals surface area (Å²) in [5, 5.41) is 19.6. The highest BCUT2D eigenvalue weighted by molar-refractivity contribution is 6.33. The lowest BCUT2D eigenvalue weighted by Gasteiger charge is -2.52. The minimum atomic E-state index is -1.16. The van der Waals surface area contributed by atoms with Crippen molar-refractivity contribution < 1.29 is 19.7 Å². The molecular formula is C12H16O4. The fraction of sp³-hybridized carbons (Fsp3) is 0.833. The fourth-order valence-electron chi connectivity index (χ4n) is 4.59. The number of carbonyl (C=O) groups excluding carboxylic acids is 1. The van der Waals surface area contributed by atoms with Gasteiger partial charge in [-0.3, -0.25) is 0 Å². The molecule has 4 bridgehead atoms. The summed E-state index contributed by atoms with van der Waals surface area (Å²) in [6.45, 7) is 0. The van der Waals surface area contributed by atoms with Crippen molar-refractivity contribution in [2.75, 3.05) is 0 Å². The lowest BCUT2D eigenvalue weighted by molar-refractivity contribution is -1.05. The number of hydrogen-bond acceptors (Lipinski definition) is 2. The van der Waals surface area contributed by atoms with Crippen molar-refractivity contribution in [2.45, 2.75) is 32.1 Å². The summed E-state index contributed by atoms with van der Waals surface area (Å²) >= 11 is 0. The highest BCUT2D eigenvalue weighted by atomic mass is 17.1. The third-order valence-corrected chi connectivity index (χ3v) is 4.83. The summed E-state index contributed by atoms with van der Waals surface area (Å²) in [5.74, 6) is 0.831. The molecule has 4 rings (SSSR count). The van der Waals surface area contributed by atoms with Crippen LogP contribution in [0.15, 0.2) is 0 Å². The predicted molar refractivity (Wildman–Crippen MR) is 53.2 cm³/mol. The Balaban J connectivity index is 1.89. The molecule has 0 unspecified atom stereocenters.